The molecule has 544 valence electrons. The average Bonchev–Trinajstić information content (AvgIpc) is 3.54. The number of likely N-dealkylation sites (N-methyl/N-ethyl adjacent to an activating group) is 1. The van der Waals surface area contributed by atoms with Crippen molar-refractivity contribution in [2.24, 2.45) is 0 Å². The first-order valence-corrected chi connectivity index (χ1v) is 39.3. The summed E-state index contributed by atoms with van der Waals surface area (Å²) < 4.78 is 23.0. The number of quaternary nitrogens is 1. The van der Waals surface area contributed by atoms with Gasteiger partial charge in [0.2, 0.25) is 0 Å². The molecular weight excluding hydrogens is 1170 g/mol. The van der Waals surface area contributed by atoms with Crippen molar-refractivity contribution in [1.82, 2.24) is 0 Å². The molecule has 2 atom stereocenters. The molecule has 0 aliphatic carbocycles. The SMILES string of the molecule is CC/C=C\C/C=C\C/C=C\C/C=C\C/C=C\C/C=C\CCCCCCCCCCCCCCCCCCCCCCCCC(=O)OC(COC(=O)CCCCCCCCCCCCCCC/C=C\C/C=C\C/C=C\C/C=C\C/C=C\CC)COC(OCC[N+](C)(C)C)C(=O)O. The molecule has 2 unspecified atom stereocenters. The normalized spacial score (nSPS) is 13.4. The summed E-state index contributed by atoms with van der Waals surface area (Å²) >= 11 is 0. The number of hydrogen-bond donors (Lipinski definition) is 1. The Labute approximate surface area is 586 Å². The van der Waals surface area contributed by atoms with E-state index in [-0.39, 0.29) is 32.2 Å². The van der Waals surface area contributed by atoms with E-state index in [0.717, 1.165) is 109 Å². The van der Waals surface area contributed by atoms with Crippen molar-refractivity contribution in [3.8, 4) is 0 Å². The lowest BCUT2D eigenvalue weighted by molar-refractivity contribution is -0.870. The third-order valence-electron chi connectivity index (χ3n) is 16.9. The summed E-state index contributed by atoms with van der Waals surface area (Å²) in [5, 5.41) is 9.77. The quantitative estimate of drug-likeness (QED) is 0.0211. The maximum atomic E-state index is 13.0. The van der Waals surface area contributed by atoms with E-state index in [0.29, 0.717) is 17.4 Å². The zero-order valence-electron chi connectivity index (χ0n) is 62.3. The number of carboxylic acids is 1. The van der Waals surface area contributed by atoms with Gasteiger partial charge in [-0.2, -0.15) is 0 Å². The molecule has 1 N–H and O–H groups in total. The minimum Gasteiger partial charge on any atom is -0.477 e. The summed E-state index contributed by atoms with van der Waals surface area (Å²) in [5.41, 5.74) is 0. The Balaban J connectivity index is 4.01. The van der Waals surface area contributed by atoms with Crippen molar-refractivity contribution < 1.29 is 42.9 Å². The number of unbranched alkanes of at least 4 members (excludes halogenated alkanes) is 35. The second-order valence-electron chi connectivity index (χ2n) is 27.3. The lowest BCUT2D eigenvalue weighted by atomic mass is 10.0. The van der Waals surface area contributed by atoms with E-state index in [4.69, 9.17) is 18.9 Å². The molecule has 0 fully saturated rings. The molecule has 0 bridgehead atoms. The van der Waals surface area contributed by atoms with Crippen LogP contribution in [0.1, 0.15) is 335 Å². The van der Waals surface area contributed by atoms with Gasteiger partial charge >= 0.3 is 17.9 Å². The van der Waals surface area contributed by atoms with Gasteiger partial charge < -0.3 is 28.5 Å². The van der Waals surface area contributed by atoms with Crippen LogP contribution in [0, 0.1) is 0 Å². The van der Waals surface area contributed by atoms with Crippen molar-refractivity contribution in [2.45, 2.75) is 347 Å². The predicted molar refractivity (Wildman–Crippen MR) is 410 cm³/mol. The summed E-state index contributed by atoms with van der Waals surface area (Å²) in [7, 11) is 5.98. The maximum Gasteiger partial charge on any atom is 0.361 e. The van der Waals surface area contributed by atoms with Gasteiger partial charge in [0, 0.05) is 12.8 Å². The summed E-state index contributed by atoms with van der Waals surface area (Å²) in [6, 6.07) is 0. The van der Waals surface area contributed by atoms with E-state index in [1.807, 2.05) is 21.1 Å². The highest BCUT2D eigenvalue weighted by Crippen LogP contribution is 2.18. The van der Waals surface area contributed by atoms with E-state index in [2.05, 4.69) is 148 Å². The van der Waals surface area contributed by atoms with Crippen molar-refractivity contribution in [1.29, 1.82) is 0 Å². The van der Waals surface area contributed by atoms with Crippen LogP contribution < -0.4 is 0 Å². The van der Waals surface area contributed by atoms with Gasteiger partial charge in [-0.05, 0) is 109 Å². The zero-order valence-corrected chi connectivity index (χ0v) is 62.3. The molecule has 9 nitrogen and oxygen atoms in total. The summed E-state index contributed by atoms with van der Waals surface area (Å²) in [6.07, 6.45) is 106. The molecular formula is C86H148NO8+. The van der Waals surface area contributed by atoms with Gasteiger partial charge in [-0.1, -0.05) is 347 Å². The third-order valence-corrected chi connectivity index (χ3v) is 16.9. The number of allylic oxidation sites excluding steroid dienone is 22. The Bertz CT molecular complexity index is 2030. The monoisotopic (exact) mass is 1320 g/mol. The summed E-state index contributed by atoms with van der Waals surface area (Å²) in [5.74, 6) is -1.99. The topological polar surface area (TPSA) is 108 Å². The van der Waals surface area contributed by atoms with Crippen LogP contribution in [0.2, 0.25) is 0 Å². The number of nitrogens with zero attached hydrogens (tertiary/aromatic N) is 1. The molecule has 0 heterocycles. The largest absolute Gasteiger partial charge is 0.477 e. The van der Waals surface area contributed by atoms with Gasteiger partial charge in [-0.25, -0.2) is 4.79 Å². The number of carbonyl (C=O) groups is 3. The van der Waals surface area contributed by atoms with Crippen LogP contribution >= 0.6 is 0 Å². The highest BCUT2D eigenvalue weighted by molar-refractivity contribution is 5.71. The van der Waals surface area contributed by atoms with E-state index in [1.165, 1.54) is 199 Å². The van der Waals surface area contributed by atoms with Gasteiger partial charge in [0.1, 0.15) is 13.2 Å². The minimum absolute atomic E-state index is 0.185. The predicted octanol–water partition coefficient (Wildman–Crippen LogP) is 25.3. The molecule has 0 saturated heterocycles. The first-order chi connectivity index (χ1) is 46.6. The van der Waals surface area contributed by atoms with Crippen LogP contribution in [0.3, 0.4) is 0 Å². The molecule has 0 aromatic heterocycles. The summed E-state index contributed by atoms with van der Waals surface area (Å²) in [4.78, 5) is 37.7. The Morgan fingerprint density at radius 3 is 0.842 bits per heavy atom. The van der Waals surface area contributed by atoms with E-state index >= 15 is 0 Å². The second kappa shape index (κ2) is 75.2. The van der Waals surface area contributed by atoms with Crippen LogP contribution in [0.5, 0.6) is 0 Å². The average molecular weight is 1320 g/mol. The Hall–Kier alpha value is -4.57. The number of aliphatic carboxylic acids is 1. The molecule has 0 amide bonds. The second-order valence-corrected chi connectivity index (χ2v) is 27.3. The smallest absolute Gasteiger partial charge is 0.361 e. The first kappa shape index (κ1) is 90.4. The van der Waals surface area contributed by atoms with Gasteiger partial charge in [0.25, 0.3) is 6.29 Å². The van der Waals surface area contributed by atoms with E-state index < -0.39 is 24.3 Å². The van der Waals surface area contributed by atoms with Crippen molar-refractivity contribution in [2.75, 3.05) is 47.5 Å². The first-order valence-electron chi connectivity index (χ1n) is 39.3. The summed E-state index contributed by atoms with van der Waals surface area (Å²) in [6.45, 7) is 4.68. The number of rotatable bonds is 72. The van der Waals surface area contributed by atoms with E-state index in [1.54, 1.807) is 0 Å². The lowest BCUT2D eigenvalue weighted by Crippen LogP contribution is -2.40. The molecule has 0 spiro atoms. The molecule has 0 aliphatic heterocycles. The number of carboxylic acid groups (broad SMARTS) is 1. The van der Waals surface area contributed by atoms with Crippen LogP contribution in [-0.4, -0.2) is 87.4 Å². The zero-order chi connectivity index (χ0) is 69.0. The molecule has 0 saturated carbocycles. The van der Waals surface area contributed by atoms with Crippen molar-refractivity contribution in [3.05, 3.63) is 134 Å². The number of carbonyl (C=O) groups excluding carboxylic acids is 2. The molecule has 0 radical (unpaired) electrons. The molecule has 95 heavy (non-hydrogen) atoms. The van der Waals surface area contributed by atoms with Gasteiger partial charge in [0.05, 0.1) is 34.4 Å². The molecule has 0 rings (SSSR count). The number of ether oxygens (including phenoxy) is 4. The fourth-order valence-corrected chi connectivity index (χ4v) is 11.0. The van der Waals surface area contributed by atoms with Crippen LogP contribution in [-0.2, 0) is 33.3 Å². The Kier molecular flexibility index (Phi) is 71.6. The fraction of sp³-hybridized carbons (Fsp3) is 0.709. The third kappa shape index (κ3) is 76.7. The van der Waals surface area contributed by atoms with Gasteiger partial charge in [0.15, 0.2) is 6.10 Å². The molecule has 0 aromatic carbocycles. The van der Waals surface area contributed by atoms with Crippen molar-refractivity contribution >= 4 is 17.9 Å². The number of esters is 2. The lowest BCUT2D eigenvalue weighted by Gasteiger charge is -2.25. The fourth-order valence-electron chi connectivity index (χ4n) is 11.0. The molecule has 0 aliphatic rings. The van der Waals surface area contributed by atoms with Gasteiger partial charge in [-0.15, -0.1) is 0 Å². The Morgan fingerprint density at radius 1 is 0.316 bits per heavy atom. The minimum atomic E-state index is -1.52. The van der Waals surface area contributed by atoms with Crippen LogP contribution in [0.15, 0.2) is 134 Å². The van der Waals surface area contributed by atoms with Gasteiger partial charge in [-0.3, -0.25) is 9.59 Å². The molecule has 9 heteroatoms. The standard InChI is InChI=1S/C86H147NO8/c1-6-8-10-12-14-16-18-20-22-24-26-28-30-32-34-36-37-38-39-40-41-42-43-44-45-46-47-49-51-53-55-57-59-61-63-65-67-69-71-73-75-77-84(89)95-82(81-94-86(85(90)91)92-79-78-87(3,4)5)80-93-83(88)76-74-72-70-68-66-64-62-60-58-56-54-52-50-48-35-33-31-29-27-25-23-21-19-17-15-13-11-9-7-2/h8-11,14-17,20-23,26-29,32-35,37-38,82,86H,6-7,12-13,18-19,24-25,30-31,36,39-81H2,1-5H3/p+1/b10-8-,11-9-,16-14-,17-15-,22-20-,23-21-,28-26-,29-27-,34-32-,35-33-,38-37-. The highest BCUT2D eigenvalue weighted by atomic mass is 16.7. The van der Waals surface area contributed by atoms with Crippen molar-refractivity contribution in [3.63, 3.8) is 0 Å². The van der Waals surface area contributed by atoms with E-state index in [9.17, 15) is 19.5 Å². The van der Waals surface area contributed by atoms with Crippen LogP contribution in [0.4, 0.5) is 0 Å². The van der Waals surface area contributed by atoms with Crippen LogP contribution in [0.25, 0.3) is 0 Å². The highest BCUT2D eigenvalue weighted by Gasteiger charge is 2.25. The Morgan fingerprint density at radius 2 is 0.568 bits per heavy atom. The maximum absolute atomic E-state index is 13.0. The molecule has 0 aromatic rings. The number of hydrogen-bond acceptors (Lipinski definition) is 7.